The molecule has 0 saturated carbocycles. The summed E-state index contributed by atoms with van der Waals surface area (Å²) >= 11 is 0. The largest absolute Gasteiger partial charge is 0.488 e. The number of nitrogens with zero attached hydrogens (tertiary/aromatic N) is 2. The molecule has 0 aliphatic heterocycles. The molecule has 0 N–H and O–H groups in total. The van der Waals surface area contributed by atoms with Crippen LogP contribution in [0.1, 0.15) is 17.0 Å². The fourth-order valence-electron chi connectivity index (χ4n) is 2.44. The first-order valence-corrected chi connectivity index (χ1v) is 6.91. The van der Waals surface area contributed by atoms with Gasteiger partial charge in [0.2, 0.25) is 0 Å². The molecule has 2 heterocycles. The molecule has 3 aromatic rings. The number of aryl methyl sites for hydroxylation is 2. The first kappa shape index (κ1) is 13.6. The van der Waals surface area contributed by atoms with Crippen molar-refractivity contribution >= 4 is 5.65 Å². The molecule has 4 heteroatoms. The Labute approximate surface area is 123 Å². The van der Waals surface area contributed by atoms with Crippen LogP contribution in [0.15, 0.2) is 42.6 Å². The van der Waals surface area contributed by atoms with Gasteiger partial charge in [0.15, 0.2) is 0 Å². The van der Waals surface area contributed by atoms with Crippen molar-refractivity contribution in [3.8, 4) is 5.75 Å². The molecule has 21 heavy (non-hydrogen) atoms. The van der Waals surface area contributed by atoms with E-state index in [0.717, 1.165) is 17.0 Å². The third kappa shape index (κ3) is 2.49. The van der Waals surface area contributed by atoms with Crippen LogP contribution in [-0.4, -0.2) is 4.40 Å². The highest BCUT2D eigenvalue weighted by Gasteiger charge is 2.16. The van der Waals surface area contributed by atoms with Crippen molar-refractivity contribution < 1.29 is 13.7 Å². The summed E-state index contributed by atoms with van der Waals surface area (Å²) in [6.45, 7) is 4.63. The molecule has 108 valence electrons. The molecule has 0 saturated heterocycles. The summed E-state index contributed by atoms with van der Waals surface area (Å²) in [6.07, 6.45) is 2.01. The first-order chi connectivity index (χ1) is 10.1. The second-order valence-electron chi connectivity index (χ2n) is 5.24. The van der Waals surface area contributed by atoms with Gasteiger partial charge in [-0.3, -0.25) is 0 Å². The van der Waals surface area contributed by atoms with E-state index in [1.807, 2.05) is 25.4 Å². The van der Waals surface area contributed by atoms with Crippen molar-refractivity contribution in [2.75, 3.05) is 0 Å². The topological polar surface area (TPSA) is 17.5 Å². The first-order valence-electron chi connectivity index (χ1n) is 6.91. The molecule has 0 aliphatic rings. The lowest BCUT2D eigenvalue weighted by atomic mass is 10.2. The minimum Gasteiger partial charge on any atom is -0.488 e. The molecule has 3 rings (SSSR count). The average Bonchev–Trinajstić information content (AvgIpc) is 2.71. The standard InChI is InChI=1S/C17H18FN2O/c1-12-13(2)20-9-8-16(10-17(20)19(12)3)21-11-14-4-6-15(18)7-5-14/h4-10H,11H2,1-3H3/q+1. The average molecular weight is 285 g/mol. The van der Waals surface area contributed by atoms with Gasteiger partial charge in [-0.25, -0.2) is 8.96 Å². The lowest BCUT2D eigenvalue weighted by Gasteiger charge is -2.05. The minimum atomic E-state index is -0.230. The highest BCUT2D eigenvalue weighted by molar-refractivity contribution is 5.42. The summed E-state index contributed by atoms with van der Waals surface area (Å²) in [7, 11) is 2.04. The van der Waals surface area contributed by atoms with Gasteiger partial charge in [-0.15, -0.1) is 0 Å². The van der Waals surface area contributed by atoms with Crippen molar-refractivity contribution in [2.24, 2.45) is 7.05 Å². The van der Waals surface area contributed by atoms with E-state index in [2.05, 4.69) is 22.8 Å². The number of imidazole rings is 1. The lowest BCUT2D eigenvalue weighted by molar-refractivity contribution is -0.650. The van der Waals surface area contributed by atoms with Crippen LogP contribution in [-0.2, 0) is 13.7 Å². The normalized spacial score (nSPS) is 11.0. The number of hydrogen-bond donors (Lipinski definition) is 0. The molecule has 0 spiro atoms. The molecule has 0 aliphatic carbocycles. The molecule has 0 atom stereocenters. The van der Waals surface area contributed by atoms with Crippen LogP contribution in [0.5, 0.6) is 5.75 Å². The second-order valence-corrected chi connectivity index (χ2v) is 5.24. The molecule has 0 fully saturated rings. The number of benzene rings is 1. The summed E-state index contributed by atoms with van der Waals surface area (Å²) in [6, 6.07) is 10.3. The van der Waals surface area contributed by atoms with E-state index in [1.54, 1.807) is 12.1 Å². The molecule has 3 nitrogen and oxygen atoms in total. The smallest absolute Gasteiger partial charge is 0.290 e. The van der Waals surface area contributed by atoms with Crippen LogP contribution in [0.25, 0.3) is 5.65 Å². The molecular weight excluding hydrogens is 267 g/mol. The van der Waals surface area contributed by atoms with E-state index in [1.165, 1.54) is 23.5 Å². The van der Waals surface area contributed by atoms with Crippen LogP contribution in [0.4, 0.5) is 4.39 Å². The zero-order chi connectivity index (χ0) is 15.0. The van der Waals surface area contributed by atoms with Gasteiger partial charge in [-0.1, -0.05) is 12.1 Å². The van der Waals surface area contributed by atoms with Gasteiger partial charge in [-0.05, 0) is 17.7 Å². The molecule has 0 radical (unpaired) electrons. The van der Waals surface area contributed by atoms with Crippen LogP contribution in [0.3, 0.4) is 0 Å². The molecular formula is C17H18FN2O+. The molecule has 1 aromatic carbocycles. The highest BCUT2D eigenvalue weighted by atomic mass is 19.1. The molecule has 0 unspecified atom stereocenters. The van der Waals surface area contributed by atoms with Gasteiger partial charge in [-0.2, -0.15) is 4.40 Å². The number of halogens is 1. The van der Waals surface area contributed by atoms with Gasteiger partial charge in [0.1, 0.15) is 35.8 Å². The van der Waals surface area contributed by atoms with E-state index in [4.69, 9.17) is 4.74 Å². The number of hydrogen-bond acceptors (Lipinski definition) is 1. The Bertz CT molecular complexity index is 791. The van der Waals surface area contributed by atoms with Gasteiger partial charge in [0.05, 0.1) is 13.1 Å². The third-order valence-corrected chi connectivity index (χ3v) is 3.96. The number of ether oxygens (including phenoxy) is 1. The van der Waals surface area contributed by atoms with Crippen molar-refractivity contribution in [3.63, 3.8) is 0 Å². The van der Waals surface area contributed by atoms with Gasteiger partial charge in [0, 0.05) is 19.9 Å². The fourth-order valence-corrected chi connectivity index (χ4v) is 2.44. The predicted octanol–water partition coefficient (Wildman–Crippen LogP) is 3.10. The maximum Gasteiger partial charge on any atom is 0.290 e. The zero-order valence-corrected chi connectivity index (χ0v) is 12.4. The number of rotatable bonds is 3. The summed E-state index contributed by atoms with van der Waals surface area (Å²) in [5.74, 6) is 0.575. The van der Waals surface area contributed by atoms with Crippen LogP contribution < -0.4 is 9.30 Å². The molecule has 0 amide bonds. The maximum atomic E-state index is 12.9. The van der Waals surface area contributed by atoms with E-state index >= 15 is 0 Å². The Morgan fingerprint density at radius 3 is 2.57 bits per heavy atom. The predicted molar refractivity (Wildman–Crippen MR) is 78.8 cm³/mol. The molecule has 0 bridgehead atoms. The van der Waals surface area contributed by atoms with Crippen molar-refractivity contribution in [3.05, 3.63) is 65.4 Å². The van der Waals surface area contributed by atoms with Gasteiger partial charge >= 0.3 is 0 Å². The van der Waals surface area contributed by atoms with Gasteiger partial charge < -0.3 is 4.74 Å². The van der Waals surface area contributed by atoms with E-state index < -0.39 is 0 Å². The van der Waals surface area contributed by atoms with E-state index in [0.29, 0.717) is 6.61 Å². The summed E-state index contributed by atoms with van der Waals surface area (Å²) in [5, 5.41) is 0. The van der Waals surface area contributed by atoms with Crippen LogP contribution >= 0.6 is 0 Å². The van der Waals surface area contributed by atoms with Crippen molar-refractivity contribution in [1.29, 1.82) is 0 Å². The zero-order valence-electron chi connectivity index (χ0n) is 12.4. The second kappa shape index (κ2) is 5.20. The SMILES string of the molecule is Cc1c(C)[n+](C)c2cc(OCc3ccc(F)cc3)ccn12. The van der Waals surface area contributed by atoms with Crippen LogP contribution in [0.2, 0.25) is 0 Å². The quantitative estimate of drug-likeness (QED) is 0.676. The number of pyridine rings is 1. The number of fused-ring (bicyclic) bond motifs is 1. The molecule has 2 aromatic heterocycles. The van der Waals surface area contributed by atoms with Crippen molar-refractivity contribution in [2.45, 2.75) is 20.5 Å². The Morgan fingerprint density at radius 1 is 1.14 bits per heavy atom. The fraction of sp³-hybridized carbons (Fsp3) is 0.235. The summed E-state index contributed by atoms with van der Waals surface area (Å²) < 4.78 is 22.9. The monoisotopic (exact) mass is 285 g/mol. The number of aromatic nitrogens is 2. The van der Waals surface area contributed by atoms with E-state index in [-0.39, 0.29) is 5.82 Å². The summed E-state index contributed by atoms with van der Waals surface area (Å²) in [4.78, 5) is 0. The lowest BCUT2D eigenvalue weighted by Crippen LogP contribution is -2.29. The Kier molecular flexibility index (Phi) is 3.37. The van der Waals surface area contributed by atoms with Crippen LogP contribution in [0, 0.1) is 19.7 Å². The Balaban J connectivity index is 1.84. The highest BCUT2D eigenvalue weighted by Crippen LogP contribution is 2.17. The van der Waals surface area contributed by atoms with E-state index in [9.17, 15) is 4.39 Å². The van der Waals surface area contributed by atoms with Gasteiger partial charge in [0.25, 0.3) is 5.65 Å². The Hall–Kier alpha value is -2.36. The summed E-state index contributed by atoms with van der Waals surface area (Å²) in [5.41, 5.74) is 4.48. The minimum absolute atomic E-state index is 0.230. The maximum absolute atomic E-state index is 12.9. The van der Waals surface area contributed by atoms with Crippen molar-refractivity contribution in [1.82, 2.24) is 4.40 Å². The Morgan fingerprint density at radius 2 is 1.86 bits per heavy atom. The third-order valence-electron chi connectivity index (χ3n) is 3.96.